The maximum absolute atomic E-state index is 12.4. The van der Waals surface area contributed by atoms with Crippen LogP contribution in [0.2, 0.25) is 0 Å². The predicted octanol–water partition coefficient (Wildman–Crippen LogP) is 1.47. The molecule has 3 amide bonds. The first kappa shape index (κ1) is 12.2. The highest BCUT2D eigenvalue weighted by atomic mass is 16.5. The van der Waals surface area contributed by atoms with Crippen molar-refractivity contribution >= 4 is 17.6 Å². The van der Waals surface area contributed by atoms with Gasteiger partial charge >= 0.3 is 6.03 Å². The van der Waals surface area contributed by atoms with Crippen LogP contribution in [0.1, 0.15) is 11.1 Å². The zero-order valence-electron chi connectivity index (χ0n) is 11.0. The fraction of sp³-hybridized carbons (Fsp3) is 0.429. The molecule has 2 aliphatic heterocycles. The second-order valence-electron chi connectivity index (χ2n) is 5.09. The third-order valence-electron chi connectivity index (χ3n) is 3.54. The van der Waals surface area contributed by atoms with E-state index in [2.05, 4.69) is 0 Å². The largest absolute Gasteiger partial charge is 0.377 e. The average Bonchev–Trinajstić information content (AvgIpc) is 2.61. The molecule has 0 saturated carbocycles. The molecule has 0 bridgehead atoms. The van der Waals surface area contributed by atoms with Crippen LogP contribution in [0.25, 0.3) is 0 Å². The predicted molar refractivity (Wildman–Crippen MR) is 70.1 cm³/mol. The van der Waals surface area contributed by atoms with Gasteiger partial charge in [0.15, 0.2) is 0 Å². The lowest BCUT2D eigenvalue weighted by Crippen LogP contribution is -2.45. The number of aryl methyl sites for hydroxylation is 2. The smallest absolute Gasteiger partial charge is 0.332 e. The molecule has 2 fully saturated rings. The Morgan fingerprint density at radius 2 is 1.84 bits per heavy atom. The number of hydrogen-bond acceptors (Lipinski definition) is 3. The molecule has 0 N–H and O–H groups in total. The summed E-state index contributed by atoms with van der Waals surface area (Å²) < 4.78 is 5.29. The van der Waals surface area contributed by atoms with Gasteiger partial charge in [-0.05, 0) is 37.1 Å². The molecule has 1 unspecified atom stereocenters. The first-order chi connectivity index (χ1) is 9.08. The van der Waals surface area contributed by atoms with Crippen molar-refractivity contribution in [3.05, 3.63) is 29.3 Å². The molecule has 2 saturated heterocycles. The standard InChI is InChI=1S/C14H16N2O3/c1-9-5-10(2)7-11(6-9)16-13(17)12-8-19-4-3-15(12)14(16)18/h5-7,12H,3-4,8H2,1-2H3. The number of morpholine rings is 1. The minimum Gasteiger partial charge on any atom is -0.377 e. The monoisotopic (exact) mass is 260 g/mol. The third kappa shape index (κ3) is 1.90. The van der Waals surface area contributed by atoms with Crippen molar-refractivity contribution in [3.63, 3.8) is 0 Å². The summed E-state index contributed by atoms with van der Waals surface area (Å²) in [5.41, 5.74) is 2.73. The minimum absolute atomic E-state index is 0.185. The Kier molecular flexibility index (Phi) is 2.78. The molecule has 5 heteroatoms. The molecule has 19 heavy (non-hydrogen) atoms. The van der Waals surface area contributed by atoms with Crippen LogP contribution in [0.15, 0.2) is 18.2 Å². The Morgan fingerprint density at radius 3 is 2.47 bits per heavy atom. The summed E-state index contributed by atoms with van der Waals surface area (Å²) in [6, 6.07) is 5.06. The Bertz CT molecular complexity index is 511. The van der Waals surface area contributed by atoms with Gasteiger partial charge in [-0.3, -0.25) is 4.79 Å². The van der Waals surface area contributed by atoms with E-state index in [9.17, 15) is 9.59 Å². The lowest BCUT2D eigenvalue weighted by Gasteiger charge is -2.26. The van der Waals surface area contributed by atoms with Gasteiger partial charge in [-0.15, -0.1) is 0 Å². The molecule has 100 valence electrons. The molecule has 0 spiro atoms. The van der Waals surface area contributed by atoms with Crippen molar-refractivity contribution in [2.75, 3.05) is 24.7 Å². The molecule has 2 aliphatic rings. The van der Waals surface area contributed by atoms with Crippen LogP contribution in [-0.2, 0) is 9.53 Å². The second kappa shape index (κ2) is 4.35. The summed E-state index contributed by atoms with van der Waals surface area (Å²) in [5.74, 6) is -0.185. The summed E-state index contributed by atoms with van der Waals surface area (Å²) in [5, 5.41) is 0. The highest BCUT2D eigenvalue weighted by molar-refractivity contribution is 6.21. The average molecular weight is 260 g/mol. The van der Waals surface area contributed by atoms with Crippen molar-refractivity contribution in [2.24, 2.45) is 0 Å². The van der Waals surface area contributed by atoms with Gasteiger partial charge in [0.1, 0.15) is 6.04 Å². The summed E-state index contributed by atoms with van der Waals surface area (Å²) in [6.45, 7) is 5.19. The quantitative estimate of drug-likeness (QED) is 0.718. The van der Waals surface area contributed by atoms with E-state index in [4.69, 9.17) is 4.74 Å². The number of urea groups is 1. The van der Waals surface area contributed by atoms with E-state index < -0.39 is 6.04 Å². The lowest BCUT2D eigenvalue weighted by molar-refractivity contribution is -0.123. The summed E-state index contributed by atoms with van der Waals surface area (Å²) >= 11 is 0. The van der Waals surface area contributed by atoms with Crippen LogP contribution < -0.4 is 4.90 Å². The van der Waals surface area contributed by atoms with Crippen molar-refractivity contribution in [2.45, 2.75) is 19.9 Å². The normalized spacial score (nSPS) is 22.9. The molecule has 0 aliphatic carbocycles. The van der Waals surface area contributed by atoms with E-state index >= 15 is 0 Å². The molecule has 1 aromatic rings. The highest BCUT2D eigenvalue weighted by Crippen LogP contribution is 2.28. The first-order valence-electron chi connectivity index (χ1n) is 6.38. The van der Waals surface area contributed by atoms with Gasteiger partial charge in [0.25, 0.3) is 5.91 Å². The van der Waals surface area contributed by atoms with Crippen LogP contribution in [0.5, 0.6) is 0 Å². The van der Waals surface area contributed by atoms with Crippen LogP contribution in [-0.4, -0.2) is 42.6 Å². The summed E-state index contributed by atoms with van der Waals surface area (Å²) in [6.07, 6.45) is 0. The molecular formula is C14H16N2O3. The number of ether oxygens (including phenoxy) is 1. The SMILES string of the molecule is Cc1cc(C)cc(N2C(=O)C3COCCN3C2=O)c1. The van der Waals surface area contributed by atoms with Gasteiger partial charge in [-0.1, -0.05) is 6.07 Å². The molecule has 0 radical (unpaired) electrons. The van der Waals surface area contributed by atoms with Crippen LogP contribution in [0.3, 0.4) is 0 Å². The number of hydrogen-bond donors (Lipinski definition) is 0. The molecule has 0 aromatic heterocycles. The van der Waals surface area contributed by atoms with Crippen molar-refractivity contribution in [3.8, 4) is 0 Å². The van der Waals surface area contributed by atoms with E-state index in [1.165, 1.54) is 4.90 Å². The van der Waals surface area contributed by atoms with Gasteiger partial charge in [0.2, 0.25) is 0 Å². The van der Waals surface area contributed by atoms with Crippen LogP contribution in [0.4, 0.5) is 10.5 Å². The fourth-order valence-electron chi connectivity index (χ4n) is 2.73. The van der Waals surface area contributed by atoms with E-state index in [-0.39, 0.29) is 11.9 Å². The minimum atomic E-state index is -0.456. The van der Waals surface area contributed by atoms with Crippen molar-refractivity contribution < 1.29 is 14.3 Å². The van der Waals surface area contributed by atoms with Crippen molar-refractivity contribution in [1.29, 1.82) is 0 Å². The number of amides is 3. The van der Waals surface area contributed by atoms with E-state index in [1.807, 2.05) is 32.0 Å². The number of nitrogens with zero attached hydrogens (tertiary/aromatic N) is 2. The van der Waals surface area contributed by atoms with Gasteiger partial charge in [0, 0.05) is 6.54 Å². The van der Waals surface area contributed by atoms with E-state index in [0.29, 0.717) is 25.4 Å². The number of fused-ring (bicyclic) bond motifs is 1. The molecule has 3 rings (SSSR count). The number of anilines is 1. The molecular weight excluding hydrogens is 244 g/mol. The van der Waals surface area contributed by atoms with Gasteiger partial charge in [0.05, 0.1) is 18.9 Å². The number of carbonyl (C=O) groups is 2. The number of imide groups is 1. The van der Waals surface area contributed by atoms with Gasteiger partial charge < -0.3 is 9.64 Å². The second-order valence-corrected chi connectivity index (χ2v) is 5.09. The Labute approximate surface area is 111 Å². The Hall–Kier alpha value is -1.88. The first-order valence-corrected chi connectivity index (χ1v) is 6.38. The van der Waals surface area contributed by atoms with Crippen molar-refractivity contribution in [1.82, 2.24) is 4.90 Å². The number of carbonyl (C=O) groups excluding carboxylic acids is 2. The topological polar surface area (TPSA) is 49.9 Å². The fourth-order valence-corrected chi connectivity index (χ4v) is 2.73. The third-order valence-corrected chi connectivity index (χ3v) is 3.54. The molecule has 1 aromatic carbocycles. The highest BCUT2D eigenvalue weighted by Gasteiger charge is 2.47. The summed E-state index contributed by atoms with van der Waals surface area (Å²) in [7, 11) is 0. The maximum Gasteiger partial charge on any atom is 0.332 e. The molecule has 1 atom stereocenters. The zero-order chi connectivity index (χ0) is 13.6. The van der Waals surface area contributed by atoms with Crippen LogP contribution >= 0.6 is 0 Å². The Morgan fingerprint density at radius 1 is 1.16 bits per heavy atom. The van der Waals surface area contributed by atoms with E-state index in [1.54, 1.807) is 4.90 Å². The zero-order valence-corrected chi connectivity index (χ0v) is 11.0. The maximum atomic E-state index is 12.4. The Balaban J connectivity index is 2.00. The number of benzene rings is 1. The summed E-state index contributed by atoms with van der Waals surface area (Å²) in [4.78, 5) is 27.6. The molecule has 2 heterocycles. The molecule has 5 nitrogen and oxygen atoms in total. The van der Waals surface area contributed by atoms with Gasteiger partial charge in [-0.25, -0.2) is 9.69 Å². The van der Waals surface area contributed by atoms with E-state index in [0.717, 1.165) is 11.1 Å². The van der Waals surface area contributed by atoms with Crippen LogP contribution in [0, 0.1) is 13.8 Å². The van der Waals surface area contributed by atoms with Gasteiger partial charge in [-0.2, -0.15) is 0 Å². The lowest BCUT2D eigenvalue weighted by atomic mass is 10.1. The number of rotatable bonds is 1.